The van der Waals surface area contributed by atoms with E-state index in [2.05, 4.69) is 4.98 Å². The van der Waals surface area contributed by atoms with Crippen LogP contribution in [0.4, 0.5) is 0 Å². The highest BCUT2D eigenvalue weighted by Gasteiger charge is 2.40. The lowest BCUT2D eigenvalue weighted by Crippen LogP contribution is -2.14. The second-order valence-corrected chi connectivity index (χ2v) is 5.90. The van der Waals surface area contributed by atoms with Crippen molar-refractivity contribution in [3.8, 4) is 0 Å². The van der Waals surface area contributed by atoms with E-state index in [1.54, 1.807) is 12.4 Å². The van der Waals surface area contributed by atoms with E-state index in [0.29, 0.717) is 17.8 Å². The second kappa shape index (κ2) is 4.24. The Morgan fingerprint density at radius 3 is 2.95 bits per heavy atom. The first-order valence-corrected chi connectivity index (χ1v) is 6.57. The molecule has 0 aromatic carbocycles. The van der Waals surface area contributed by atoms with E-state index < -0.39 is 0 Å². The molecule has 6 heteroatoms. The minimum absolute atomic E-state index is 0.0664. The summed E-state index contributed by atoms with van der Waals surface area (Å²) < 4.78 is 7.07. The lowest BCUT2D eigenvalue weighted by Gasteiger charge is -2.20. The number of halogens is 1. The second-order valence-electron chi connectivity index (χ2n) is 5.50. The summed E-state index contributed by atoms with van der Waals surface area (Å²) in [5.74, 6) is 0.590. The van der Waals surface area contributed by atoms with Crippen molar-refractivity contribution in [3.63, 3.8) is 0 Å². The molecule has 0 amide bonds. The molecule has 3 rings (SSSR count). The van der Waals surface area contributed by atoms with E-state index in [1.807, 2.05) is 13.8 Å². The summed E-state index contributed by atoms with van der Waals surface area (Å²) in [5.41, 5.74) is 1.04. The van der Waals surface area contributed by atoms with Crippen molar-refractivity contribution in [2.45, 2.75) is 20.3 Å². The predicted molar refractivity (Wildman–Crippen MR) is 75.0 cm³/mol. The Hall–Kier alpha value is -2.01. The van der Waals surface area contributed by atoms with Gasteiger partial charge in [-0.3, -0.25) is 9.98 Å². The number of aliphatic hydroxyl groups is 1. The number of allylic oxidation sites excluding steroid dienone is 1. The van der Waals surface area contributed by atoms with Gasteiger partial charge in [0.2, 0.25) is 5.88 Å². The topological polar surface area (TPSA) is 75.0 Å². The normalized spacial score (nSPS) is 18.9. The first-order valence-electron chi connectivity index (χ1n) is 6.19. The van der Waals surface area contributed by atoms with Gasteiger partial charge in [-0.2, -0.15) is 0 Å². The summed E-state index contributed by atoms with van der Waals surface area (Å²) in [6, 6.07) is 0. The minimum atomic E-state index is -0.347. The highest BCUT2D eigenvalue weighted by molar-refractivity contribution is 6.30. The van der Waals surface area contributed by atoms with Gasteiger partial charge in [-0.15, -0.1) is 0 Å². The standard InChI is InChI=1S/C14H14ClN3O2/c1-14(2)5-8-11(16)9(15)6-20-12(8)10(14)13(19)18-4-3-17-7-18/h3-4,6-7,16,19H,5H2,1-2H3. The van der Waals surface area contributed by atoms with Crippen molar-refractivity contribution in [1.29, 1.82) is 5.41 Å². The Morgan fingerprint density at radius 1 is 1.55 bits per heavy atom. The fourth-order valence-corrected chi connectivity index (χ4v) is 2.79. The zero-order valence-electron chi connectivity index (χ0n) is 11.1. The maximum absolute atomic E-state index is 10.5. The molecule has 5 nitrogen and oxygen atoms in total. The third-order valence-electron chi connectivity index (χ3n) is 3.59. The molecule has 20 heavy (non-hydrogen) atoms. The molecule has 1 aliphatic rings. The molecular weight excluding hydrogens is 278 g/mol. The van der Waals surface area contributed by atoms with Gasteiger partial charge in [-0.1, -0.05) is 25.4 Å². The number of rotatable bonds is 1. The van der Waals surface area contributed by atoms with E-state index in [0.717, 1.165) is 5.56 Å². The van der Waals surface area contributed by atoms with Crippen LogP contribution in [0.15, 0.2) is 29.4 Å². The summed E-state index contributed by atoms with van der Waals surface area (Å²) in [6.45, 7) is 4.00. The molecule has 2 heterocycles. The van der Waals surface area contributed by atoms with Crippen molar-refractivity contribution in [3.05, 3.63) is 46.7 Å². The Morgan fingerprint density at radius 2 is 2.30 bits per heavy atom. The molecule has 0 atom stereocenters. The zero-order valence-corrected chi connectivity index (χ0v) is 11.9. The van der Waals surface area contributed by atoms with Crippen LogP contribution in [0, 0.1) is 10.8 Å². The molecule has 2 aromatic heterocycles. The molecule has 2 N–H and O–H groups in total. The Kier molecular flexibility index (Phi) is 2.76. The molecule has 0 bridgehead atoms. The smallest absolute Gasteiger partial charge is 0.204 e. The SMILES string of the molecule is CC1(C)Cc2c(occ(Cl)c2=N)C1=C(O)n1ccnc1. The van der Waals surface area contributed by atoms with Crippen LogP contribution in [0.3, 0.4) is 0 Å². The first-order chi connectivity index (χ1) is 9.42. The van der Waals surface area contributed by atoms with Gasteiger partial charge in [0.05, 0.1) is 10.9 Å². The van der Waals surface area contributed by atoms with Gasteiger partial charge in [0.1, 0.15) is 23.4 Å². The average molecular weight is 292 g/mol. The van der Waals surface area contributed by atoms with E-state index in [-0.39, 0.29) is 21.7 Å². The van der Waals surface area contributed by atoms with Gasteiger partial charge in [0, 0.05) is 23.4 Å². The molecule has 104 valence electrons. The number of hydrogen-bond donors (Lipinski definition) is 2. The molecule has 1 aliphatic carbocycles. The van der Waals surface area contributed by atoms with Gasteiger partial charge < -0.3 is 9.52 Å². The summed E-state index contributed by atoms with van der Waals surface area (Å²) in [4.78, 5) is 3.93. The summed E-state index contributed by atoms with van der Waals surface area (Å²) in [7, 11) is 0. The van der Waals surface area contributed by atoms with E-state index >= 15 is 0 Å². The molecule has 2 aromatic rings. The highest BCUT2D eigenvalue weighted by atomic mass is 35.5. The fourth-order valence-electron chi connectivity index (χ4n) is 2.63. The molecule has 0 radical (unpaired) electrons. The van der Waals surface area contributed by atoms with Crippen LogP contribution in [0.25, 0.3) is 11.5 Å². The van der Waals surface area contributed by atoms with Gasteiger partial charge in [0.15, 0.2) is 0 Å². The van der Waals surface area contributed by atoms with Crippen LogP contribution in [0.1, 0.15) is 25.2 Å². The predicted octanol–water partition coefficient (Wildman–Crippen LogP) is 3.08. The molecule has 0 spiro atoms. The van der Waals surface area contributed by atoms with Crippen LogP contribution in [0.5, 0.6) is 0 Å². The maximum atomic E-state index is 10.5. The highest BCUT2D eigenvalue weighted by Crippen LogP contribution is 2.47. The minimum Gasteiger partial charge on any atom is -0.494 e. The third-order valence-corrected chi connectivity index (χ3v) is 3.87. The lowest BCUT2D eigenvalue weighted by atomic mass is 9.86. The van der Waals surface area contributed by atoms with Crippen LogP contribution < -0.4 is 5.36 Å². The monoisotopic (exact) mass is 291 g/mol. The van der Waals surface area contributed by atoms with Crippen LogP contribution >= 0.6 is 11.6 Å². The maximum Gasteiger partial charge on any atom is 0.204 e. The number of hydrogen-bond acceptors (Lipinski definition) is 4. The average Bonchev–Trinajstić information content (AvgIpc) is 2.99. The largest absolute Gasteiger partial charge is 0.494 e. The Balaban J connectivity index is 2.31. The molecule has 0 fully saturated rings. The molecule has 0 unspecified atom stereocenters. The number of nitrogens with one attached hydrogen (secondary N) is 1. The summed E-state index contributed by atoms with van der Waals surface area (Å²) in [6.07, 6.45) is 6.71. The third kappa shape index (κ3) is 1.78. The number of imidazole rings is 1. The molecule has 0 aliphatic heterocycles. The van der Waals surface area contributed by atoms with Crippen molar-refractivity contribution in [2.75, 3.05) is 0 Å². The van der Waals surface area contributed by atoms with Gasteiger partial charge in [-0.05, 0) is 6.42 Å². The van der Waals surface area contributed by atoms with Gasteiger partial charge in [-0.25, -0.2) is 4.98 Å². The zero-order chi connectivity index (χ0) is 14.5. The Labute approximate surface area is 120 Å². The van der Waals surface area contributed by atoms with Crippen molar-refractivity contribution in [2.24, 2.45) is 5.41 Å². The Bertz CT molecular complexity index is 757. The number of aromatic nitrogens is 2. The van der Waals surface area contributed by atoms with E-state index in [9.17, 15) is 5.11 Å². The van der Waals surface area contributed by atoms with Crippen molar-refractivity contribution in [1.82, 2.24) is 9.55 Å². The molecule has 0 saturated heterocycles. The quantitative estimate of drug-likeness (QED) is 0.793. The number of aliphatic hydroxyl groups excluding tert-OH is 1. The summed E-state index contributed by atoms with van der Waals surface area (Å²) >= 11 is 5.94. The van der Waals surface area contributed by atoms with E-state index in [4.69, 9.17) is 21.4 Å². The first kappa shape index (κ1) is 13.0. The van der Waals surface area contributed by atoms with Crippen LogP contribution in [0.2, 0.25) is 5.02 Å². The molecule has 0 saturated carbocycles. The van der Waals surface area contributed by atoms with Crippen molar-refractivity contribution < 1.29 is 9.52 Å². The number of fused-ring (bicyclic) bond motifs is 1. The fraction of sp³-hybridized carbons (Fsp3) is 0.286. The molecular formula is C14H14ClN3O2. The summed E-state index contributed by atoms with van der Waals surface area (Å²) in [5, 5.41) is 19.1. The number of nitrogens with zero attached hydrogens (tertiary/aromatic N) is 2. The van der Waals surface area contributed by atoms with Crippen LogP contribution in [-0.2, 0) is 6.42 Å². The lowest BCUT2D eigenvalue weighted by molar-refractivity contribution is 0.445. The van der Waals surface area contributed by atoms with Crippen molar-refractivity contribution >= 4 is 23.1 Å². The van der Waals surface area contributed by atoms with Gasteiger partial charge >= 0.3 is 0 Å². The van der Waals surface area contributed by atoms with E-state index in [1.165, 1.54) is 17.2 Å². The van der Waals surface area contributed by atoms with Crippen LogP contribution in [-0.4, -0.2) is 14.7 Å². The van der Waals surface area contributed by atoms with Gasteiger partial charge in [0.25, 0.3) is 0 Å².